The lowest BCUT2D eigenvalue weighted by molar-refractivity contribution is 0.0562. The molecule has 96 valence electrons. The Morgan fingerprint density at radius 2 is 2.29 bits per heavy atom. The van der Waals surface area contributed by atoms with Gasteiger partial charge in [0.15, 0.2) is 0 Å². The van der Waals surface area contributed by atoms with Crippen molar-refractivity contribution in [2.75, 3.05) is 33.5 Å². The molecule has 0 radical (unpaired) electrons. The number of rotatable bonds is 8. The highest BCUT2D eigenvalue weighted by Crippen LogP contribution is 2.08. The predicted octanol–water partition coefficient (Wildman–Crippen LogP) is 0.165. The van der Waals surface area contributed by atoms with Gasteiger partial charge in [0.2, 0.25) is 5.76 Å². The summed E-state index contributed by atoms with van der Waals surface area (Å²) in [6, 6.07) is 3.29. The highest BCUT2D eigenvalue weighted by molar-refractivity contribution is 5.86. The molecule has 0 atom stereocenters. The van der Waals surface area contributed by atoms with Gasteiger partial charge in [-0.05, 0) is 12.1 Å². The van der Waals surface area contributed by atoms with Crippen LogP contribution in [0.1, 0.15) is 16.3 Å². The van der Waals surface area contributed by atoms with Gasteiger partial charge in [-0.2, -0.15) is 0 Å². The van der Waals surface area contributed by atoms with E-state index in [1.807, 2.05) is 0 Å². The molecule has 1 heterocycles. The van der Waals surface area contributed by atoms with Gasteiger partial charge >= 0.3 is 5.97 Å². The molecule has 0 aliphatic carbocycles. The Balaban J connectivity index is 2.19. The standard InChI is InChI=1S/C11H17NO5/c1-15-11(14)10-3-2-9(17-10)8-12-4-6-16-7-5-13/h2-3,12-13H,4-8H2,1H3. The quantitative estimate of drug-likeness (QED) is 0.500. The first kappa shape index (κ1) is 13.7. The van der Waals surface area contributed by atoms with Crippen molar-refractivity contribution in [1.82, 2.24) is 5.32 Å². The van der Waals surface area contributed by atoms with E-state index in [1.54, 1.807) is 12.1 Å². The van der Waals surface area contributed by atoms with Crippen LogP contribution in [-0.2, 0) is 16.0 Å². The molecule has 0 fully saturated rings. The second kappa shape index (κ2) is 7.83. The highest BCUT2D eigenvalue weighted by Gasteiger charge is 2.10. The van der Waals surface area contributed by atoms with Crippen molar-refractivity contribution >= 4 is 5.97 Å². The molecule has 0 amide bonds. The fraction of sp³-hybridized carbons (Fsp3) is 0.545. The number of carbonyl (C=O) groups is 1. The maximum Gasteiger partial charge on any atom is 0.373 e. The van der Waals surface area contributed by atoms with Gasteiger partial charge < -0.3 is 24.3 Å². The molecular formula is C11H17NO5. The van der Waals surface area contributed by atoms with Gasteiger partial charge in [-0.15, -0.1) is 0 Å². The molecule has 0 saturated carbocycles. The van der Waals surface area contributed by atoms with Crippen LogP contribution in [-0.4, -0.2) is 44.6 Å². The van der Waals surface area contributed by atoms with Gasteiger partial charge in [0.1, 0.15) is 5.76 Å². The molecule has 0 spiro atoms. The zero-order chi connectivity index (χ0) is 12.5. The largest absolute Gasteiger partial charge is 0.463 e. The summed E-state index contributed by atoms with van der Waals surface area (Å²) in [4.78, 5) is 11.1. The monoisotopic (exact) mass is 243 g/mol. The Morgan fingerprint density at radius 3 is 3.00 bits per heavy atom. The number of hydrogen-bond acceptors (Lipinski definition) is 6. The van der Waals surface area contributed by atoms with Crippen molar-refractivity contribution in [3.8, 4) is 0 Å². The lowest BCUT2D eigenvalue weighted by Gasteiger charge is -2.03. The van der Waals surface area contributed by atoms with E-state index in [4.69, 9.17) is 14.3 Å². The van der Waals surface area contributed by atoms with Gasteiger partial charge in [0.25, 0.3) is 0 Å². The Labute approximate surface area is 99.5 Å². The molecule has 0 aromatic carbocycles. The average Bonchev–Trinajstić information content (AvgIpc) is 2.81. The van der Waals surface area contributed by atoms with Crippen LogP contribution in [0.4, 0.5) is 0 Å². The van der Waals surface area contributed by atoms with Crippen LogP contribution < -0.4 is 5.32 Å². The molecule has 1 aromatic rings. The SMILES string of the molecule is COC(=O)c1ccc(CNCCOCCO)o1. The van der Waals surface area contributed by atoms with Crippen LogP contribution in [0.25, 0.3) is 0 Å². The third-order valence-corrected chi connectivity index (χ3v) is 2.01. The summed E-state index contributed by atoms with van der Waals surface area (Å²) >= 11 is 0. The second-order valence-corrected chi connectivity index (χ2v) is 3.27. The molecular weight excluding hydrogens is 226 g/mol. The fourth-order valence-corrected chi connectivity index (χ4v) is 1.21. The smallest absolute Gasteiger partial charge is 0.373 e. The summed E-state index contributed by atoms with van der Waals surface area (Å²) in [5.74, 6) is 0.371. The lowest BCUT2D eigenvalue weighted by atomic mass is 10.4. The summed E-state index contributed by atoms with van der Waals surface area (Å²) in [6.07, 6.45) is 0. The maximum atomic E-state index is 11.1. The minimum atomic E-state index is -0.484. The molecule has 17 heavy (non-hydrogen) atoms. The first-order valence-corrected chi connectivity index (χ1v) is 5.34. The van der Waals surface area contributed by atoms with Crippen LogP contribution in [0, 0.1) is 0 Å². The van der Waals surface area contributed by atoms with E-state index in [9.17, 15) is 4.79 Å². The zero-order valence-corrected chi connectivity index (χ0v) is 9.77. The normalized spacial score (nSPS) is 10.5. The van der Waals surface area contributed by atoms with E-state index >= 15 is 0 Å². The van der Waals surface area contributed by atoms with Crippen molar-refractivity contribution < 1.29 is 23.8 Å². The third kappa shape index (κ3) is 4.99. The number of aliphatic hydroxyl groups excluding tert-OH is 1. The summed E-state index contributed by atoms with van der Waals surface area (Å²) in [6.45, 7) is 2.05. The van der Waals surface area contributed by atoms with Gasteiger partial charge in [0, 0.05) is 6.54 Å². The Hall–Kier alpha value is -1.37. The van der Waals surface area contributed by atoms with Gasteiger partial charge in [-0.3, -0.25) is 0 Å². The van der Waals surface area contributed by atoms with E-state index in [2.05, 4.69) is 10.1 Å². The van der Waals surface area contributed by atoms with Crippen molar-refractivity contribution in [2.45, 2.75) is 6.54 Å². The Bertz CT molecular complexity index is 336. The molecule has 1 rings (SSSR count). The molecule has 0 aliphatic heterocycles. The Morgan fingerprint density at radius 1 is 1.47 bits per heavy atom. The first-order valence-electron chi connectivity index (χ1n) is 5.34. The maximum absolute atomic E-state index is 11.1. The molecule has 0 aliphatic rings. The summed E-state index contributed by atoms with van der Waals surface area (Å²) in [7, 11) is 1.31. The topological polar surface area (TPSA) is 80.9 Å². The number of aliphatic hydroxyl groups is 1. The molecule has 1 aromatic heterocycles. The summed E-state index contributed by atoms with van der Waals surface area (Å²) < 4.78 is 14.8. The molecule has 2 N–H and O–H groups in total. The van der Waals surface area contributed by atoms with Gasteiger partial charge in [-0.25, -0.2) is 4.79 Å². The lowest BCUT2D eigenvalue weighted by Crippen LogP contribution is -2.19. The second-order valence-electron chi connectivity index (χ2n) is 3.27. The van der Waals surface area contributed by atoms with E-state index in [0.717, 1.165) is 0 Å². The van der Waals surface area contributed by atoms with E-state index in [1.165, 1.54) is 7.11 Å². The number of nitrogens with one attached hydrogen (secondary N) is 1. The number of furan rings is 1. The van der Waals surface area contributed by atoms with Crippen molar-refractivity contribution in [1.29, 1.82) is 0 Å². The number of hydrogen-bond donors (Lipinski definition) is 2. The average molecular weight is 243 g/mol. The van der Waals surface area contributed by atoms with Crippen LogP contribution >= 0.6 is 0 Å². The highest BCUT2D eigenvalue weighted by atomic mass is 16.5. The molecule has 0 saturated heterocycles. The molecule has 6 nitrogen and oxygen atoms in total. The van der Waals surface area contributed by atoms with Crippen molar-refractivity contribution in [3.63, 3.8) is 0 Å². The summed E-state index contributed by atoms with van der Waals surface area (Å²) in [5.41, 5.74) is 0. The van der Waals surface area contributed by atoms with Crippen molar-refractivity contribution in [3.05, 3.63) is 23.7 Å². The predicted molar refractivity (Wildman–Crippen MR) is 59.7 cm³/mol. The van der Waals surface area contributed by atoms with E-state index in [-0.39, 0.29) is 12.4 Å². The van der Waals surface area contributed by atoms with Gasteiger partial charge in [-0.1, -0.05) is 0 Å². The minimum absolute atomic E-state index is 0.0284. The zero-order valence-electron chi connectivity index (χ0n) is 9.77. The van der Waals surface area contributed by atoms with Crippen LogP contribution in [0.3, 0.4) is 0 Å². The molecule has 0 unspecified atom stereocenters. The third-order valence-electron chi connectivity index (χ3n) is 2.01. The van der Waals surface area contributed by atoms with Gasteiger partial charge in [0.05, 0.1) is 33.5 Å². The number of esters is 1. The molecule has 0 bridgehead atoms. The number of ether oxygens (including phenoxy) is 2. The minimum Gasteiger partial charge on any atom is -0.463 e. The number of carbonyl (C=O) groups excluding carboxylic acids is 1. The van der Waals surface area contributed by atoms with Crippen LogP contribution in [0.2, 0.25) is 0 Å². The van der Waals surface area contributed by atoms with Crippen LogP contribution in [0.5, 0.6) is 0 Å². The number of methoxy groups -OCH3 is 1. The first-order chi connectivity index (χ1) is 8.27. The summed E-state index contributed by atoms with van der Waals surface area (Å²) in [5, 5.41) is 11.6. The van der Waals surface area contributed by atoms with Crippen molar-refractivity contribution in [2.24, 2.45) is 0 Å². The fourth-order valence-electron chi connectivity index (χ4n) is 1.21. The van der Waals surface area contributed by atoms with Crippen LogP contribution in [0.15, 0.2) is 16.5 Å². The Kier molecular flexibility index (Phi) is 6.31. The molecule has 6 heteroatoms. The van der Waals surface area contributed by atoms with E-state index < -0.39 is 5.97 Å². The van der Waals surface area contributed by atoms with E-state index in [0.29, 0.717) is 32.1 Å².